The van der Waals surface area contributed by atoms with Crippen LogP contribution >= 0.6 is 0 Å². The van der Waals surface area contributed by atoms with Gasteiger partial charge in [0.1, 0.15) is 5.82 Å². The molecule has 98 valence electrons. The van der Waals surface area contributed by atoms with Gasteiger partial charge in [-0.3, -0.25) is 0 Å². The third kappa shape index (κ3) is 2.95. The minimum absolute atomic E-state index is 0.155. The summed E-state index contributed by atoms with van der Waals surface area (Å²) in [6.07, 6.45) is 1.54. The van der Waals surface area contributed by atoms with E-state index in [0.29, 0.717) is 17.9 Å². The van der Waals surface area contributed by atoms with Crippen molar-refractivity contribution >= 4 is 17.3 Å². The van der Waals surface area contributed by atoms with Gasteiger partial charge in [-0.2, -0.15) is 10.2 Å². The van der Waals surface area contributed by atoms with Crippen molar-refractivity contribution in [3.8, 4) is 0 Å². The smallest absolute Gasteiger partial charge is 0.338 e. The Hall–Kier alpha value is -2.70. The minimum Gasteiger partial charge on any atom is -0.478 e. The van der Waals surface area contributed by atoms with Crippen LogP contribution in [-0.2, 0) is 6.54 Å². The summed E-state index contributed by atoms with van der Waals surface area (Å²) in [5.74, 6) is -2.20. The monoisotopic (exact) mass is 262 g/mol. The predicted octanol–water partition coefficient (Wildman–Crippen LogP) is 1.51. The number of hydrogen-bond donors (Lipinski definition) is 3. The number of carboxylic acids is 1. The highest BCUT2D eigenvalue weighted by atomic mass is 19.1. The molecule has 0 saturated heterocycles. The number of nitrogen functional groups attached to an aromatic ring is 1. The molecular formula is C12H11FN4O2. The van der Waals surface area contributed by atoms with Crippen LogP contribution in [0.15, 0.2) is 30.5 Å². The number of carboxylic acid groups (broad SMARTS) is 1. The second-order valence-electron chi connectivity index (χ2n) is 3.79. The summed E-state index contributed by atoms with van der Waals surface area (Å²) in [5.41, 5.74) is 6.33. The van der Waals surface area contributed by atoms with E-state index in [9.17, 15) is 9.18 Å². The predicted molar refractivity (Wildman–Crippen MR) is 67.1 cm³/mol. The van der Waals surface area contributed by atoms with E-state index in [4.69, 9.17) is 10.8 Å². The van der Waals surface area contributed by atoms with Gasteiger partial charge in [0.2, 0.25) is 0 Å². The Morgan fingerprint density at radius 1 is 1.47 bits per heavy atom. The van der Waals surface area contributed by atoms with E-state index in [1.54, 1.807) is 18.3 Å². The fourth-order valence-electron chi connectivity index (χ4n) is 1.52. The molecule has 1 aromatic heterocycles. The molecule has 0 amide bonds. The number of anilines is 2. The fourth-order valence-corrected chi connectivity index (χ4v) is 1.52. The van der Waals surface area contributed by atoms with E-state index in [2.05, 4.69) is 15.5 Å². The van der Waals surface area contributed by atoms with Crippen molar-refractivity contribution in [2.24, 2.45) is 0 Å². The molecule has 1 aromatic carbocycles. The van der Waals surface area contributed by atoms with E-state index >= 15 is 0 Å². The fraction of sp³-hybridized carbons (Fsp3) is 0.0833. The Bertz CT molecular complexity index is 604. The summed E-state index contributed by atoms with van der Waals surface area (Å²) in [6, 6.07) is 5.60. The highest BCUT2D eigenvalue weighted by Crippen LogP contribution is 2.23. The van der Waals surface area contributed by atoms with Gasteiger partial charge in [-0.25, -0.2) is 9.18 Å². The third-order valence-electron chi connectivity index (χ3n) is 2.46. The number of carbonyl (C=O) groups is 1. The zero-order chi connectivity index (χ0) is 13.8. The lowest BCUT2D eigenvalue weighted by Crippen LogP contribution is -2.08. The van der Waals surface area contributed by atoms with E-state index in [1.165, 1.54) is 0 Å². The minimum atomic E-state index is -1.36. The van der Waals surface area contributed by atoms with Crippen molar-refractivity contribution in [3.63, 3.8) is 0 Å². The number of benzene rings is 1. The Morgan fingerprint density at radius 3 is 2.89 bits per heavy atom. The summed E-state index contributed by atoms with van der Waals surface area (Å²) >= 11 is 0. The number of aromatic carboxylic acids is 1. The molecule has 0 aliphatic heterocycles. The number of nitrogens with zero attached hydrogens (tertiary/aromatic N) is 2. The first-order chi connectivity index (χ1) is 9.08. The summed E-state index contributed by atoms with van der Waals surface area (Å²) in [7, 11) is 0. The van der Waals surface area contributed by atoms with Gasteiger partial charge < -0.3 is 16.2 Å². The summed E-state index contributed by atoms with van der Waals surface area (Å²) < 4.78 is 13.5. The van der Waals surface area contributed by atoms with Crippen LogP contribution in [0.25, 0.3) is 0 Å². The molecule has 0 saturated carbocycles. The van der Waals surface area contributed by atoms with Crippen molar-refractivity contribution in [2.45, 2.75) is 6.54 Å². The number of hydrogen-bond acceptors (Lipinski definition) is 5. The lowest BCUT2D eigenvalue weighted by atomic mass is 10.1. The Balaban J connectivity index is 2.17. The van der Waals surface area contributed by atoms with Crippen LogP contribution in [0.1, 0.15) is 16.1 Å². The molecular weight excluding hydrogens is 251 g/mol. The SMILES string of the molecule is Nc1cc(C(=O)O)c(F)cc1NCc1cccnn1. The van der Waals surface area contributed by atoms with Gasteiger partial charge in [0.05, 0.1) is 29.2 Å². The van der Waals surface area contributed by atoms with Crippen molar-refractivity contribution in [1.82, 2.24) is 10.2 Å². The topological polar surface area (TPSA) is 101 Å². The van der Waals surface area contributed by atoms with Gasteiger partial charge in [-0.05, 0) is 24.3 Å². The molecule has 0 spiro atoms. The van der Waals surface area contributed by atoms with Crippen LogP contribution in [0.4, 0.5) is 15.8 Å². The third-order valence-corrected chi connectivity index (χ3v) is 2.46. The molecule has 0 bridgehead atoms. The van der Waals surface area contributed by atoms with Gasteiger partial charge in [0, 0.05) is 6.20 Å². The molecule has 4 N–H and O–H groups in total. The average molecular weight is 262 g/mol. The molecule has 2 aromatic rings. The van der Waals surface area contributed by atoms with Gasteiger partial charge in [0.15, 0.2) is 0 Å². The normalized spacial score (nSPS) is 10.2. The van der Waals surface area contributed by atoms with Gasteiger partial charge >= 0.3 is 5.97 Å². The molecule has 2 rings (SSSR count). The lowest BCUT2D eigenvalue weighted by Gasteiger charge is -2.10. The molecule has 0 atom stereocenters. The molecule has 19 heavy (non-hydrogen) atoms. The maximum absolute atomic E-state index is 13.5. The number of aromatic nitrogens is 2. The average Bonchev–Trinajstić information content (AvgIpc) is 2.40. The second kappa shape index (κ2) is 5.30. The number of nitrogens with two attached hydrogens (primary N) is 1. The summed E-state index contributed by atoms with van der Waals surface area (Å²) in [5, 5.41) is 19.2. The molecule has 6 nitrogen and oxygen atoms in total. The molecule has 0 radical (unpaired) electrons. The maximum atomic E-state index is 13.5. The highest BCUT2D eigenvalue weighted by Gasteiger charge is 2.13. The first kappa shape index (κ1) is 12.7. The van der Waals surface area contributed by atoms with Crippen LogP contribution in [0, 0.1) is 5.82 Å². The van der Waals surface area contributed by atoms with Crippen LogP contribution < -0.4 is 11.1 Å². The van der Waals surface area contributed by atoms with Gasteiger partial charge in [-0.1, -0.05) is 0 Å². The summed E-state index contributed by atoms with van der Waals surface area (Å²) in [6.45, 7) is 0.309. The molecule has 7 heteroatoms. The van der Waals surface area contributed by atoms with Crippen LogP contribution in [0.2, 0.25) is 0 Å². The maximum Gasteiger partial charge on any atom is 0.338 e. The van der Waals surface area contributed by atoms with Crippen molar-refractivity contribution in [3.05, 3.63) is 47.5 Å². The van der Waals surface area contributed by atoms with Crippen LogP contribution in [0.5, 0.6) is 0 Å². The standard InChI is InChI=1S/C12H11FN4O2/c13-9-5-11(10(14)4-8(9)12(18)19)15-6-7-2-1-3-16-17-7/h1-5,15H,6,14H2,(H,18,19). The van der Waals surface area contributed by atoms with Crippen LogP contribution in [-0.4, -0.2) is 21.3 Å². The van der Waals surface area contributed by atoms with E-state index < -0.39 is 17.3 Å². The molecule has 0 fully saturated rings. The lowest BCUT2D eigenvalue weighted by molar-refractivity contribution is 0.0692. The molecule has 0 aliphatic rings. The van der Waals surface area contributed by atoms with Crippen molar-refractivity contribution in [1.29, 1.82) is 0 Å². The van der Waals surface area contributed by atoms with E-state index in [-0.39, 0.29) is 5.69 Å². The zero-order valence-electron chi connectivity index (χ0n) is 9.80. The Morgan fingerprint density at radius 2 is 2.26 bits per heavy atom. The number of halogens is 1. The van der Waals surface area contributed by atoms with E-state index in [1.807, 2.05) is 0 Å². The quantitative estimate of drug-likeness (QED) is 0.722. The summed E-state index contributed by atoms with van der Waals surface area (Å²) in [4.78, 5) is 10.7. The van der Waals surface area contributed by atoms with Crippen LogP contribution in [0.3, 0.4) is 0 Å². The first-order valence-corrected chi connectivity index (χ1v) is 5.40. The highest BCUT2D eigenvalue weighted by molar-refractivity contribution is 5.90. The molecule has 0 aliphatic carbocycles. The van der Waals surface area contributed by atoms with E-state index in [0.717, 1.165) is 12.1 Å². The largest absolute Gasteiger partial charge is 0.478 e. The zero-order valence-corrected chi connectivity index (χ0v) is 9.80. The Labute approximate surface area is 108 Å². The van der Waals surface area contributed by atoms with Crippen molar-refractivity contribution < 1.29 is 14.3 Å². The van der Waals surface area contributed by atoms with Crippen molar-refractivity contribution in [2.75, 3.05) is 11.1 Å². The Kier molecular flexibility index (Phi) is 3.56. The van der Waals surface area contributed by atoms with Gasteiger partial charge in [0.25, 0.3) is 0 Å². The van der Waals surface area contributed by atoms with Gasteiger partial charge in [-0.15, -0.1) is 0 Å². The first-order valence-electron chi connectivity index (χ1n) is 5.40. The molecule has 1 heterocycles. The number of rotatable bonds is 4. The second-order valence-corrected chi connectivity index (χ2v) is 3.79. The molecule has 0 unspecified atom stereocenters. The number of nitrogens with one attached hydrogen (secondary N) is 1.